The molecule has 2 aliphatic heterocycles. The highest BCUT2D eigenvalue weighted by Crippen LogP contribution is 2.21. The van der Waals surface area contributed by atoms with Crippen molar-refractivity contribution in [1.82, 2.24) is 4.90 Å². The lowest BCUT2D eigenvalue weighted by Gasteiger charge is -2.25. The summed E-state index contributed by atoms with van der Waals surface area (Å²) < 4.78 is 21.0. The van der Waals surface area contributed by atoms with E-state index >= 15 is 0 Å². The molecule has 0 bridgehead atoms. The van der Waals surface area contributed by atoms with Gasteiger partial charge in [-0.05, 0) is 12.8 Å². The number of nitrogens with zero attached hydrogens (tertiary/aromatic N) is 1. The third kappa shape index (κ3) is 5.55. The summed E-state index contributed by atoms with van der Waals surface area (Å²) in [6.45, 7) is 1.99. The van der Waals surface area contributed by atoms with Gasteiger partial charge in [0.25, 0.3) is 0 Å². The lowest BCUT2D eigenvalue weighted by molar-refractivity contribution is -0.139. The molecule has 25 heavy (non-hydrogen) atoms. The molecule has 0 N–H and O–H groups in total. The SMILES string of the molecule is COC(=O)C1=C/CCCN(CCC2OCC(CBr)O2)/C=C\1C(=O)OC. The third-order valence-electron chi connectivity index (χ3n) is 4.05. The molecule has 0 aromatic rings. The summed E-state index contributed by atoms with van der Waals surface area (Å²) in [6.07, 6.45) is 5.44. The number of rotatable bonds is 6. The van der Waals surface area contributed by atoms with Gasteiger partial charge >= 0.3 is 11.9 Å². The summed E-state index contributed by atoms with van der Waals surface area (Å²) in [7, 11) is 2.59. The van der Waals surface area contributed by atoms with Crippen molar-refractivity contribution in [3.8, 4) is 0 Å². The van der Waals surface area contributed by atoms with Gasteiger partial charge in [-0.3, -0.25) is 0 Å². The highest BCUT2D eigenvalue weighted by Gasteiger charge is 2.27. The highest BCUT2D eigenvalue weighted by atomic mass is 79.9. The molecule has 1 fully saturated rings. The lowest BCUT2D eigenvalue weighted by Crippen LogP contribution is -2.28. The number of halogens is 1. The van der Waals surface area contributed by atoms with Crippen LogP contribution < -0.4 is 0 Å². The van der Waals surface area contributed by atoms with E-state index < -0.39 is 11.9 Å². The molecule has 2 unspecified atom stereocenters. The molecule has 0 aromatic carbocycles. The van der Waals surface area contributed by atoms with Crippen molar-refractivity contribution in [3.05, 3.63) is 23.4 Å². The standard InChI is InChI=1S/C17H24BrNO6/c1-22-16(20)13-5-3-4-7-19(10-14(13)17(21)23-2)8-6-15-24-11-12(9-18)25-15/h5,10,12,15H,3-4,6-9,11H2,1-2H3/b13-5+,14-10+. The molecule has 2 rings (SSSR count). The van der Waals surface area contributed by atoms with E-state index in [1.807, 2.05) is 4.90 Å². The Morgan fingerprint density at radius 2 is 2.00 bits per heavy atom. The molecule has 0 aliphatic carbocycles. The van der Waals surface area contributed by atoms with Crippen LogP contribution in [0.5, 0.6) is 0 Å². The summed E-state index contributed by atoms with van der Waals surface area (Å²) in [5.74, 6) is -1.10. The second-order valence-electron chi connectivity index (χ2n) is 5.79. The predicted molar refractivity (Wildman–Crippen MR) is 94.0 cm³/mol. The summed E-state index contributed by atoms with van der Waals surface area (Å²) in [5.41, 5.74) is 0.451. The molecule has 140 valence electrons. The molecule has 2 heterocycles. The van der Waals surface area contributed by atoms with E-state index in [4.69, 9.17) is 18.9 Å². The Bertz CT molecular complexity index is 547. The average molecular weight is 418 g/mol. The van der Waals surface area contributed by atoms with Crippen LogP contribution in [0, 0.1) is 0 Å². The van der Waals surface area contributed by atoms with Crippen LogP contribution >= 0.6 is 15.9 Å². The van der Waals surface area contributed by atoms with Crippen molar-refractivity contribution >= 4 is 27.9 Å². The minimum atomic E-state index is -0.559. The Balaban J connectivity index is 2.09. The van der Waals surface area contributed by atoms with Crippen molar-refractivity contribution in [2.45, 2.75) is 31.7 Å². The van der Waals surface area contributed by atoms with Gasteiger partial charge in [0.2, 0.25) is 0 Å². The molecule has 7 nitrogen and oxygen atoms in total. The number of carbonyl (C=O) groups excluding carboxylic acids is 2. The van der Waals surface area contributed by atoms with Crippen molar-refractivity contribution in [1.29, 1.82) is 0 Å². The van der Waals surface area contributed by atoms with Gasteiger partial charge in [-0.1, -0.05) is 22.0 Å². The fraction of sp³-hybridized carbons (Fsp3) is 0.647. The average Bonchev–Trinajstić information content (AvgIpc) is 3.08. The van der Waals surface area contributed by atoms with Crippen molar-refractivity contribution in [2.75, 3.05) is 39.2 Å². The zero-order chi connectivity index (χ0) is 18.2. The first-order chi connectivity index (χ1) is 12.1. The summed E-state index contributed by atoms with van der Waals surface area (Å²) >= 11 is 3.38. The van der Waals surface area contributed by atoms with Crippen molar-refractivity contribution in [3.63, 3.8) is 0 Å². The van der Waals surface area contributed by atoms with E-state index in [-0.39, 0.29) is 23.5 Å². The molecular weight excluding hydrogens is 394 g/mol. The Kier molecular flexibility index (Phi) is 7.92. The first kappa shape index (κ1) is 19.9. The fourth-order valence-corrected chi connectivity index (χ4v) is 3.07. The van der Waals surface area contributed by atoms with Gasteiger partial charge in [0.1, 0.15) is 0 Å². The minimum absolute atomic E-state index is 0.0763. The van der Waals surface area contributed by atoms with Crippen LogP contribution in [0.1, 0.15) is 19.3 Å². The van der Waals surface area contributed by atoms with Crippen LogP contribution in [-0.4, -0.2) is 68.5 Å². The van der Waals surface area contributed by atoms with E-state index in [0.717, 1.165) is 18.3 Å². The lowest BCUT2D eigenvalue weighted by atomic mass is 10.0. The Labute approximate surface area is 156 Å². The number of alkyl halides is 1. The maximum absolute atomic E-state index is 12.1. The normalized spacial score (nSPS) is 28.2. The first-order valence-corrected chi connectivity index (χ1v) is 9.37. The van der Waals surface area contributed by atoms with Gasteiger partial charge in [0, 0.05) is 31.0 Å². The number of esters is 2. The third-order valence-corrected chi connectivity index (χ3v) is 4.77. The van der Waals surface area contributed by atoms with Gasteiger partial charge in [-0.25, -0.2) is 9.59 Å². The minimum Gasteiger partial charge on any atom is -0.465 e. The van der Waals surface area contributed by atoms with Crippen LogP contribution in [0.4, 0.5) is 0 Å². The number of hydrogen-bond acceptors (Lipinski definition) is 7. The van der Waals surface area contributed by atoms with E-state index in [0.29, 0.717) is 26.0 Å². The molecule has 2 atom stereocenters. The number of allylic oxidation sites excluding steroid dienone is 1. The Morgan fingerprint density at radius 1 is 1.28 bits per heavy atom. The molecule has 0 amide bonds. The van der Waals surface area contributed by atoms with E-state index in [1.54, 1.807) is 12.3 Å². The molecule has 0 spiro atoms. The molecule has 1 saturated heterocycles. The largest absolute Gasteiger partial charge is 0.465 e. The topological polar surface area (TPSA) is 74.3 Å². The molecule has 0 radical (unpaired) electrons. The second-order valence-corrected chi connectivity index (χ2v) is 6.43. The van der Waals surface area contributed by atoms with Gasteiger partial charge in [-0.15, -0.1) is 0 Å². The smallest absolute Gasteiger partial charge is 0.340 e. The maximum atomic E-state index is 12.1. The predicted octanol–water partition coefficient (Wildman–Crippen LogP) is 1.76. The number of ether oxygens (including phenoxy) is 4. The van der Waals surface area contributed by atoms with E-state index in [2.05, 4.69) is 15.9 Å². The summed E-state index contributed by atoms with van der Waals surface area (Å²) in [6, 6.07) is 0. The molecular formula is C17H24BrNO6. The number of methoxy groups -OCH3 is 2. The first-order valence-electron chi connectivity index (χ1n) is 8.25. The van der Waals surface area contributed by atoms with Crippen LogP contribution in [0.15, 0.2) is 23.4 Å². The van der Waals surface area contributed by atoms with Crippen LogP contribution in [-0.2, 0) is 28.5 Å². The van der Waals surface area contributed by atoms with Gasteiger partial charge in [0.05, 0.1) is 38.1 Å². The Morgan fingerprint density at radius 3 is 2.64 bits per heavy atom. The summed E-state index contributed by atoms with van der Waals surface area (Å²) in [5, 5.41) is 0.743. The van der Waals surface area contributed by atoms with Gasteiger partial charge in [-0.2, -0.15) is 0 Å². The zero-order valence-corrected chi connectivity index (χ0v) is 16.1. The van der Waals surface area contributed by atoms with Crippen molar-refractivity contribution in [2.24, 2.45) is 0 Å². The van der Waals surface area contributed by atoms with Crippen LogP contribution in [0.2, 0.25) is 0 Å². The Hall–Kier alpha value is -1.38. The highest BCUT2D eigenvalue weighted by molar-refractivity contribution is 9.09. The number of carbonyl (C=O) groups is 2. The molecule has 8 heteroatoms. The zero-order valence-electron chi connectivity index (χ0n) is 14.5. The van der Waals surface area contributed by atoms with Crippen LogP contribution in [0.25, 0.3) is 0 Å². The van der Waals surface area contributed by atoms with Crippen LogP contribution in [0.3, 0.4) is 0 Å². The summed E-state index contributed by atoms with van der Waals surface area (Å²) in [4.78, 5) is 26.1. The van der Waals surface area contributed by atoms with E-state index in [9.17, 15) is 9.59 Å². The molecule has 0 aromatic heterocycles. The second kappa shape index (κ2) is 9.94. The van der Waals surface area contributed by atoms with Gasteiger partial charge in [0.15, 0.2) is 6.29 Å². The monoisotopic (exact) mass is 417 g/mol. The van der Waals surface area contributed by atoms with Gasteiger partial charge < -0.3 is 23.8 Å². The molecule has 0 saturated carbocycles. The fourth-order valence-electron chi connectivity index (χ4n) is 2.73. The maximum Gasteiger partial charge on any atom is 0.340 e. The van der Waals surface area contributed by atoms with E-state index in [1.165, 1.54) is 14.2 Å². The molecule has 2 aliphatic rings. The number of hydrogen-bond donors (Lipinski definition) is 0. The van der Waals surface area contributed by atoms with Crippen molar-refractivity contribution < 1.29 is 28.5 Å². The quantitative estimate of drug-likeness (QED) is 0.481.